The second kappa shape index (κ2) is 10.9. The van der Waals surface area contributed by atoms with Gasteiger partial charge in [-0.25, -0.2) is 4.79 Å². The van der Waals surface area contributed by atoms with Crippen molar-refractivity contribution in [3.8, 4) is 17.5 Å². The number of hydrogen-bond donors (Lipinski definition) is 1. The number of amides is 1. The Morgan fingerprint density at radius 1 is 1.35 bits per heavy atom. The molecule has 1 amide bonds. The number of ether oxygens (including phenoxy) is 2. The van der Waals surface area contributed by atoms with Crippen LogP contribution in [-0.4, -0.2) is 57.2 Å². The smallest absolute Gasteiger partial charge is 0.410 e. The summed E-state index contributed by atoms with van der Waals surface area (Å²) >= 11 is 0. The molecule has 37 heavy (non-hydrogen) atoms. The molecular weight excluding hydrogens is 472 g/mol. The molecular formula is C28H34N4O5. The van der Waals surface area contributed by atoms with Gasteiger partial charge >= 0.3 is 6.09 Å². The standard InChI is InChI=1S/C28H34N4O5/c1-17(2)35-24-12-9-18(15-19(24)16-29)26-30-25(31-37-26)22-8-6-7-21-20(22)10-11-23(21)32(13-14-33)27(34)36-28(3,4)5/h6-9,15,17,23-24,33H,10-14H2,1-5H3/t23-,24?/m0/s1. The molecule has 1 heterocycles. The summed E-state index contributed by atoms with van der Waals surface area (Å²) in [7, 11) is 0. The molecule has 0 radical (unpaired) electrons. The number of aromatic nitrogens is 2. The topological polar surface area (TPSA) is 122 Å². The van der Waals surface area contributed by atoms with Crippen LogP contribution in [0.25, 0.3) is 17.0 Å². The van der Waals surface area contributed by atoms with Gasteiger partial charge in [-0.15, -0.1) is 0 Å². The van der Waals surface area contributed by atoms with E-state index in [0.29, 0.717) is 35.7 Å². The van der Waals surface area contributed by atoms with Gasteiger partial charge in [-0.1, -0.05) is 29.4 Å². The SMILES string of the molecule is CC(C)OC1CC=C(c2nc(-c3cccc4c3CC[C@@H]4N(CCO)C(=O)OC(C)(C)C)no2)C=C1C#N. The molecule has 0 spiro atoms. The van der Waals surface area contributed by atoms with Gasteiger partial charge in [0.1, 0.15) is 5.60 Å². The quantitative estimate of drug-likeness (QED) is 0.558. The minimum Gasteiger partial charge on any atom is -0.444 e. The van der Waals surface area contributed by atoms with E-state index in [1.807, 2.05) is 58.9 Å². The van der Waals surface area contributed by atoms with Crippen molar-refractivity contribution >= 4 is 11.7 Å². The number of nitriles is 1. The van der Waals surface area contributed by atoms with Gasteiger partial charge in [0, 0.05) is 17.7 Å². The number of hydrogen-bond acceptors (Lipinski definition) is 8. The molecule has 9 nitrogen and oxygen atoms in total. The van der Waals surface area contributed by atoms with Gasteiger partial charge in [-0.2, -0.15) is 10.2 Å². The number of fused-ring (bicyclic) bond motifs is 1. The van der Waals surface area contributed by atoms with Crippen molar-refractivity contribution in [2.24, 2.45) is 0 Å². The molecule has 2 atom stereocenters. The summed E-state index contributed by atoms with van der Waals surface area (Å²) in [5.41, 5.74) is 3.46. The fourth-order valence-corrected chi connectivity index (χ4v) is 4.81. The lowest BCUT2D eigenvalue weighted by molar-refractivity contribution is 0.0120. The van der Waals surface area contributed by atoms with E-state index in [2.05, 4.69) is 16.2 Å². The van der Waals surface area contributed by atoms with Crippen molar-refractivity contribution in [1.29, 1.82) is 5.26 Å². The van der Waals surface area contributed by atoms with Crippen LogP contribution < -0.4 is 0 Å². The lowest BCUT2D eigenvalue weighted by atomic mass is 9.97. The predicted molar refractivity (Wildman–Crippen MR) is 137 cm³/mol. The third-order valence-corrected chi connectivity index (χ3v) is 6.27. The van der Waals surface area contributed by atoms with E-state index in [4.69, 9.17) is 14.0 Å². The Labute approximate surface area is 217 Å². The first-order valence-corrected chi connectivity index (χ1v) is 12.6. The monoisotopic (exact) mass is 506 g/mol. The Kier molecular flexibility index (Phi) is 7.81. The zero-order chi connectivity index (χ0) is 26.7. The fourth-order valence-electron chi connectivity index (χ4n) is 4.81. The van der Waals surface area contributed by atoms with Gasteiger partial charge in [0.05, 0.1) is 36.5 Å². The molecule has 0 saturated carbocycles. The van der Waals surface area contributed by atoms with Crippen molar-refractivity contribution in [2.45, 2.75) is 77.7 Å². The van der Waals surface area contributed by atoms with Gasteiger partial charge < -0.3 is 19.1 Å². The highest BCUT2D eigenvalue weighted by molar-refractivity contribution is 5.74. The number of carbonyl (C=O) groups excluding carboxylic acids is 1. The number of rotatable bonds is 7. The van der Waals surface area contributed by atoms with Crippen LogP contribution in [0.4, 0.5) is 4.79 Å². The van der Waals surface area contributed by atoms with Crippen molar-refractivity contribution in [3.05, 3.63) is 52.9 Å². The van der Waals surface area contributed by atoms with Crippen LogP contribution in [0.15, 0.2) is 40.4 Å². The number of allylic oxidation sites excluding steroid dienone is 2. The Balaban J connectivity index is 1.60. The molecule has 2 aromatic rings. The second-order valence-electron chi connectivity index (χ2n) is 10.5. The van der Waals surface area contributed by atoms with Gasteiger partial charge in [0.15, 0.2) is 0 Å². The molecule has 2 aliphatic carbocycles. The number of benzene rings is 1. The number of nitrogens with zero attached hydrogens (tertiary/aromatic N) is 4. The highest BCUT2D eigenvalue weighted by Gasteiger charge is 2.35. The second-order valence-corrected chi connectivity index (χ2v) is 10.5. The number of carbonyl (C=O) groups is 1. The molecule has 196 valence electrons. The van der Waals surface area contributed by atoms with Crippen molar-refractivity contribution < 1.29 is 23.9 Å². The minimum absolute atomic E-state index is 0.0133. The summed E-state index contributed by atoms with van der Waals surface area (Å²) in [5.74, 6) is 0.792. The molecule has 1 unspecified atom stereocenters. The van der Waals surface area contributed by atoms with Gasteiger partial charge in [-0.3, -0.25) is 4.90 Å². The van der Waals surface area contributed by atoms with Crippen LogP contribution in [0.1, 0.15) is 70.5 Å². The first-order valence-electron chi connectivity index (χ1n) is 12.6. The summed E-state index contributed by atoms with van der Waals surface area (Å²) in [4.78, 5) is 19.2. The van der Waals surface area contributed by atoms with Crippen molar-refractivity contribution in [3.63, 3.8) is 0 Å². The Bertz CT molecular complexity index is 1250. The zero-order valence-corrected chi connectivity index (χ0v) is 22.0. The first-order chi connectivity index (χ1) is 17.6. The largest absolute Gasteiger partial charge is 0.444 e. The Morgan fingerprint density at radius 3 is 2.81 bits per heavy atom. The average Bonchev–Trinajstić information content (AvgIpc) is 3.49. The van der Waals surface area contributed by atoms with E-state index in [1.165, 1.54) is 0 Å². The van der Waals surface area contributed by atoms with E-state index in [-0.39, 0.29) is 31.4 Å². The lowest BCUT2D eigenvalue weighted by Crippen LogP contribution is -2.40. The highest BCUT2D eigenvalue weighted by Crippen LogP contribution is 2.41. The van der Waals surface area contributed by atoms with Crippen molar-refractivity contribution in [1.82, 2.24) is 15.0 Å². The third-order valence-electron chi connectivity index (χ3n) is 6.27. The molecule has 0 bridgehead atoms. The normalized spacial score (nSPS) is 19.2. The molecule has 2 aliphatic rings. The average molecular weight is 507 g/mol. The summed E-state index contributed by atoms with van der Waals surface area (Å²) in [5, 5.41) is 23.5. The fraction of sp³-hybridized carbons (Fsp3) is 0.500. The maximum atomic E-state index is 12.9. The summed E-state index contributed by atoms with van der Waals surface area (Å²) in [6, 6.07) is 7.85. The van der Waals surface area contributed by atoms with Crippen LogP contribution >= 0.6 is 0 Å². The van der Waals surface area contributed by atoms with Crippen LogP contribution in [0.3, 0.4) is 0 Å². The van der Waals surface area contributed by atoms with Crippen LogP contribution in [-0.2, 0) is 15.9 Å². The van der Waals surface area contributed by atoms with E-state index >= 15 is 0 Å². The summed E-state index contributed by atoms with van der Waals surface area (Å²) in [6.07, 6.45) is 4.95. The molecule has 0 aliphatic heterocycles. The van der Waals surface area contributed by atoms with E-state index in [0.717, 1.165) is 23.1 Å². The van der Waals surface area contributed by atoms with Crippen LogP contribution in [0.5, 0.6) is 0 Å². The van der Waals surface area contributed by atoms with E-state index < -0.39 is 11.7 Å². The zero-order valence-electron chi connectivity index (χ0n) is 22.0. The van der Waals surface area contributed by atoms with E-state index in [1.54, 1.807) is 11.0 Å². The molecule has 4 rings (SSSR count). The number of aliphatic hydroxyl groups excluding tert-OH is 1. The molecule has 1 N–H and O–H groups in total. The molecule has 0 saturated heterocycles. The van der Waals surface area contributed by atoms with Crippen molar-refractivity contribution in [2.75, 3.05) is 13.2 Å². The van der Waals surface area contributed by atoms with Crippen LogP contribution in [0, 0.1) is 11.3 Å². The number of aliphatic hydroxyl groups is 1. The third kappa shape index (κ3) is 5.92. The maximum absolute atomic E-state index is 12.9. The minimum atomic E-state index is -0.635. The molecule has 9 heteroatoms. The summed E-state index contributed by atoms with van der Waals surface area (Å²) < 4.78 is 17.0. The molecule has 0 fully saturated rings. The predicted octanol–water partition coefficient (Wildman–Crippen LogP) is 4.98. The summed E-state index contributed by atoms with van der Waals surface area (Å²) in [6.45, 7) is 9.38. The molecule has 1 aromatic carbocycles. The Morgan fingerprint density at radius 2 is 2.14 bits per heavy atom. The van der Waals surface area contributed by atoms with Gasteiger partial charge in [-0.05, 0) is 71.1 Å². The lowest BCUT2D eigenvalue weighted by Gasteiger charge is -2.31. The first kappa shape index (κ1) is 26.6. The van der Waals surface area contributed by atoms with E-state index in [9.17, 15) is 15.2 Å². The van der Waals surface area contributed by atoms with Gasteiger partial charge in [0.25, 0.3) is 5.89 Å². The molecule has 1 aromatic heterocycles. The maximum Gasteiger partial charge on any atom is 0.410 e. The van der Waals surface area contributed by atoms with Gasteiger partial charge in [0.2, 0.25) is 5.82 Å². The highest BCUT2D eigenvalue weighted by atomic mass is 16.6. The van der Waals surface area contributed by atoms with Crippen LogP contribution in [0.2, 0.25) is 0 Å². The Hall–Kier alpha value is -3.48.